The summed E-state index contributed by atoms with van der Waals surface area (Å²) in [5.74, 6) is 0.953. The van der Waals surface area contributed by atoms with Crippen LogP contribution in [0.4, 0.5) is 10.5 Å². The summed E-state index contributed by atoms with van der Waals surface area (Å²) in [6.45, 7) is 5.61. The molecule has 1 aliphatic heterocycles. The van der Waals surface area contributed by atoms with Gasteiger partial charge in [0.15, 0.2) is 0 Å². The molecule has 2 amide bonds. The third-order valence-electron chi connectivity index (χ3n) is 5.87. The monoisotopic (exact) mass is 416 g/mol. The number of anilines is 1. The molecule has 0 saturated carbocycles. The van der Waals surface area contributed by atoms with Crippen LogP contribution in [0, 0.1) is 6.92 Å². The molecule has 1 aliphatic rings. The summed E-state index contributed by atoms with van der Waals surface area (Å²) in [5.41, 5.74) is 4.62. The number of likely N-dealkylation sites (tertiary alicyclic amines) is 1. The molecule has 9 heteroatoms. The number of para-hydroxylation sites is 2. The maximum absolute atomic E-state index is 13.2. The lowest BCUT2D eigenvalue weighted by Gasteiger charge is -2.25. The molecule has 0 spiro atoms. The van der Waals surface area contributed by atoms with Gasteiger partial charge in [-0.25, -0.2) is 14.5 Å². The molecule has 1 unspecified atom stereocenters. The van der Waals surface area contributed by atoms with Crippen LogP contribution in [0.5, 0.6) is 0 Å². The van der Waals surface area contributed by atoms with Gasteiger partial charge >= 0.3 is 6.03 Å². The Labute approximate surface area is 179 Å². The van der Waals surface area contributed by atoms with Gasteiger partial charge in [0, 0.05) is 18.8 Å². The number of nitrogens with zero attached hydrogens (tertiary/aromatic N) is 7. The molecular weight excluding hydrogens is 392 g/mol. The van der Waals surface area contributed by atoms with Crippen molar-refractivity contribution >= 4 is 22.8 Å². The zero-order valence-electron chi connectivity index (χ0n) is 17.6. The van der Waals surface area contributed by atoms with E-state index in [1.807, 2.05) is 48.2 Å². The van der Waals surface area contributed by atoms with Crippen LogP contribution in [0.3, 0.4) is 0 Å². The minimum absolute atomic E-state index is 0.0446. The van der Waals surface area contributed by atoms with Crippen LogP contribution in [0.25, 0.3) is 16.7 Å². The van der Waals surface area contributed by atoms with Gasteiger partial charge in [-0.1, -0.05) is 18.2 Å². The predicted octanol–water partition coefficient (Wildman–Crippen LogP) is 3.71. The highest BCUT2D eigenvalue weighted by atomic mass is 16.2. The summed E-state index contributed by atoms with van der Waals surface area (Å²) in [7, 11) is 0. The van der Waals surface area contributed by atoms with E-state index in [1.54, 1.807) is 11.0 Å². The third-order valence-corrected chi connectivity index (χ3v) is 5.87. The zero-order valence-corrected chi connectivity index (χ0v) is 17.6. The standard InChI is InChI=1S/C22H24N8O/c1-3-28-18-8-5-4-7-17(18)25-21(28)19-9-6-12-29(19)22(31)24-16-11-10-15(2)20(13-16)30-14-23-26-27-30/h4-5,7-8,10-11,13-14,19H,3,6,9,12H2,1-2H3,(H,24,31). The average molecular weight is 416 g/mol. The first-order valence-electron chi connectivity index (χ1n) is 10.5. The molecule has 2 aromatic heterocycles. The van der Waals surface area contributed by atoms with Gasteiger partial charge in [-0.05, 0) is 66.9 Å². The highest BCUT2D eigenvalue weighted by Crippen LogP contribution is 2.34. The van der Waals surface area contributed by atoms with Crippen molar-refractivity contribution in [3.05, 3.63) is 60.2 Å². The molecule has 158 valence electrons. The summed E-state index contributed by atoms with van der Waals surface area (Å²) in [4.78, 5) is 20.0. The molecule has 1 fully saturated rings. The summed E-state index contributed by atoms with van der Waals surface area (Å²) >= 11 is 0. The lowest BCUT2D eigenvalue weighted by atomic mass is 10.2. The molecule has 0 radical (unpaired) electrons. The number of benzene rings is 2. The fraction of sp³-hybridized carbons (Fsp3) is 0.318. The van der Waals surface area contributed by atoms with E-state index < -0.39 is 0 Å². The lowest BCUT2D eigenvalue weighted by Crippen LogP contribution is -2.35. The number of amides is 2. The third kappa shape index (κ3) is 3.41. The normalized spacial score (nSPS) is 16.2. The Morgan fingerprint density at radius 3 is 2.90 bits per heavy atom. The number of hydrogen-bond donors (Lipinski definition) is 1. The van der Waals surface area contributed by atoms with Crippen LogP contribution in [-0.2, 0) is 6.54 Å². The van der Waals surface area contributed by atoms with E-state index in [2.05, 4.69) is 38.4 Å². The van der Waals surface area contributed by atoms with E-state index in [-0.39, 0.29) is 12.1 Å². The molecule has 1 atom stereocenters. The number of imidazole rings is 1. The first-order valence-corrected chi connectivity index (χ1v) is 10.5. The van der Waals surface area contributed by atoms with Crippen LogP contribution in [-0.4, -0.2) is 47.2 Å². The van der Waals surface area contributed by atoms with E-state index in [9.17, 15) is 4.79 Å². The number of aromatic nitrogens is 6. The predicted molar refractivity (Wildman–Crippen MR) is 117 cm³/mol. The summed E-state index contributed by atoms with van der Waals surface area (Å²) in [6, 6.07) is 13.7. The molecular formula is C22H24N8O. The van der Waals surface area contributed by atoms with Crippen LogP contribution in [0.1, 0.15) is 37.2 Å². The number of carbonyl (C=O) groups is 1. The van der Waals surface area contributed by atoms with Crippen molar-refractivity contribution in [2.24, 2.45) is 0 Å². The Hall–Kier alpha value is -3.75. The van der Waals surface area contributed by atoms with E-state index in [0.29, 0.717) is 12.2 Å². The number of fused-ring (bicyclic) bond motifs is 1. The summed E-state index contributed by atoms with van der Waals surface area (Å²) in [5, 5.41) is 14.4. The number of urea groups is 1. The Morgan fingerprint density at radius 1 is 1.23 bits per heavy atom. The lowest BCUT2D eigenvalue weighted by molar-refractivity contribution is 0.204. The SMILES string of the molecule is CCn1c(C2CCCN2C(=O)Nc2ccc(C)c(-n3cnnn3)c2)nc2ccccc21. The van der Waals surface area contributed by atoms with Gasteiger partial charge in [0.1, 0.15) is 12.2 Å². The fourth-order valence-electron chi connectivity index (χ4n) is 4.36. The zero-order chi connectivity index (χ0) is 21.4. The second-order valence-electron chi connectivity index (χ2n) is 7.74. The van der Waals surface area contributed by atoms with Crippen molar-refractivity contribution < 1.29 is 4.79 Å². The molecule has 0 aliphatic carbocycles. The van der Waals surface area contributed by atoms with Crippen molar-refractivity contribution in [2.45, 2.75) is 39.3 Å². The maximum Gasteiger partial charge on any atom is 0.322 e. The number of carbonyl (C=O) groups excluding carboxylic acids is 1. The average Bonchev–Trinajstić information content (AvgIpc) is 3.53. The molecule has 1 saturated heterocycles. The fourth-order valence-corrected chi connectivity index (χ4v) is 4.36. The van der Waals surface area contributed by atoms with Crippen LogP contribution in [0.2, 0.25) is 0 Å². The van der Waals surface area contributed by atoms with Gasteiger partial charge in [0.25, 0.3) is 0 Å². The largest absolute Gasteiger partial charge is 0.327 e. The molecule has 3 heterocycles. The summed E-state index contributed by atoms with van der Waals surface area (Å²) in [6.07, 6.45) is 3.40. The van der Waals surface area contributed by atoms with E-state index in [0.717, 1.165) is 47.5 Å². The van der Waals surface area contributed by atoms with Gasteiger partial charge in [-0.3, -0.25) is 0 Å². The number of tetrazole rings is 1. The molecule has 5 rings (SSSR count). The molecule has 0 bridgehead atoms. The van der Waals surface area contributed by atoms with Gasteiger partial charge in [0.2, 0.25) is 0 Å². The van der Waals surface area contributed by atoms with Gasteiger partial charge in [0.05, 0.1) is 22.8 Å². The molecule has 2 aromatic carbocycles. The Balaban J connectivity index is 1.42. The van der Waals surface area contributed by atoms with E-state index >= 15 is 0 Å². The highest BCUT2D eigenvalue weighted by Gasteiger charge is 2.33. The topological polar surface area (TPSA) is 93.8 Å². The van der Waals surface area contributed by atoms with Crippen LogP contribution in [0.15, 0.2) is 48.8 Å². The summed E-state index contributed by atoms with van der Waals surface area (Å²) < 4.78 is 3.81. The number of nitrogens with one attached hydrogen (secondary N) is 1. The minimum atomic E-state index is -0.122. The highest BCUT2D eigenvalue weighted by molar-refractivity contribution is 5.90. The van der Waals surface area contributed by atoms with Crippen molar-refractivity contribution in [1.29, 1.82) is 0 Å². The second-order valence-corrected chi connectivity index (χ2v) is 7.74. The minimum Gasteiger partial charge on any atom is -0.327 e. The second kappa shape index (κ2) is 7.82. The van der Waals surface area contributed by atoms with E-state index in [1.165, 1.54) is 0 Å². The molecule has 31 heavy (non-hydrogen) atoms. The molecule has 1 N–H and O–H groups in total. The van der Waals surface area contributed by atoms with Crippen LogP contribution >= 0.6 is 0 Å². The number of rotatable bonds is 4. The first-order chi connectivity index (χ1) is 15.2. The Kier molecular flexibility index (Phi) is 4.85. The molecule has 4 aromatic rings. The maximum atomic E-state index is 13.2. The van der Waals surface area contributed by atoms with E-state index in [4.69, 9.17) is 4.98 Å². The van der Waals surface area contributed by atoms with Gasteiger partial charge in [-0.15, -0.1) is 5.10 Å². The Bertz CT molecular complexity index is 1230. The van der Waals surface area contributed by atoms with Gasteiger partial charge in [-0.2, -0.15) is 0 Å². The molecule has 9 nitrogen and oxygen atoms in total. The smallest absolute Gasteiger partial charge is 0.322 e. The first kappa shape index (κ1) is 19.2. The van der Waals surface area contributed by atoms with Crippen molar-refractivity contribution in [2.75, 3.05) is 11.9 Å². The number of aryl methyl sites for hydroxylation is 2. The quantitative estimate of drug-likeness (QED) is 0.547. The van der Waals surface area contributed by atoms with Gasteiger partial charge < -0.3 is 14.8 Å². The van der Waals surface area contributed by atoms with Crippen molar-refractivity contribution in [1.82, 2.24) is 34.7 Å². The number of hydrogen-bond acceptors (Lipinski definition) is 5. The Morgan fingerprint density at radius 2 is 2.10 bits per heavy atom. The van der Waals surface area contributed by atoms with Crippen molar-refractivity contribution in [3.8, 4) is 5.69 Å². The van der Waals surface area contributed by atoms with Crippen molar-refractivity contribution in [3.63, 3.8) is 0 Å². The van der Waals surface area contributed by atoms with Crippen LogP contribution < -0.4 is 5.32 Å².